The standard InChI is InChI=1S/C24H26N6O4S/c1-16-12-18(5-7-21(16)34-19-6-4-17(2)26-13-19)29-24-23-20(27-15-28-24)8-10-30(23)11-9-25-22(31)14-35(3,32)33/h4-8,10,12-13,15H,9,11,14H2,1-3H3,(H,25,31)(H,27,28,29). The number of hydrogen-bond donors (Lipinski definition) is 2. The van der Waals surface area contributed by atoms with Gasteiger partial charge in [0.15, 0.2) is 15.7 Å². The van der Waals surface area contributed by atoms with Gasteiger partial charge in [-0.2, -0.15) is 0 Å². The van der Waals surface area contributed by atoms with Crippen molar-refractivity contribution in [2.45, 2.75) is 20.4 Å². The Morgan fingerprint density at radius 1 is 1.09 bits per heavy atom. The normalized spacial score (nSPS) is 11.4. The zero-order chi connectivity index (χ0) is 25.0. The highest BCUT2D eigenvalue weighted by Gasteiger charge is 2.13. The lowest BCUT2D eigenvalue weighted by molar-refractivity contribution is -0.118. The number of anilines is 2. The molecular formula is C24H26N6O4S. The van der Waals surface area contributed by atoms with Gasteiger partial charge < -0.3 is 19.9 Å². The van der Waals surface area contributed by atoms with E-state index in [-0.39, 0.29) is 6.54 Å². The summed E-state index contributed by atoms with van der Waals surface area (Å²) in [5.41, 5.74) is 4.20. The van der Waals surface area contributed by atoms with Crippen LogP contribution < -0.4 is 15.4 Å². The molecule has 0 aliphatic heterocycles. The number of fused-ring (bicyclic) bond motifs is 1. The number of pyridine rings is 1. The van der Waals surface area contributed by atoms with E-state index in [9.17, 15) is 13.2 Å². The van der Waals surface area contributed by atoms with Crippen LogP contribution in [0.2, 0.25) is 0 Å². The van der Waals surface area contributed by atoms with E-state index in [1.165, 1.54) is 6.33 Å². The predicted molar refractivity (Wildman–Crippen MR) is 134 cm³/mol. The molecule has 4 rings (SSSR count). The lowest BCUT2D eigenvalue weighted by atomic mass is 10.2. The largest absolute Gasteiger partial charge is 0.455 e. The topological polar surface area (TPSA) is 128 Å². The fourth-order valence-electron chi connectivity index (χ4n) is 3.54. The van der Waals surface area contributed by atoms with Gasteiger partial charge in [-0.25, -0.2) is 18.4 Å². The van der Waals surface area contributed by atoms with Crippen LogP contribution in [0.25, 0.3) is 11.0 Å². The molecule has 1 aromatic carbocycles. The summed E-state index contributed by atoms with van der Waals surface area (Å²) in [6, 6.07) is 11.4. The SMILES string of the molecule is Cc1ccc(Oc2ccc(Nc3ncnc4ccn(CCNC(=O)CS(C)(=O)=O)c34)cc2C)cn1. The third-order valence-electron chi connectivity index (χ3n) is 5.17. The summed E-state index contributed by atoms with van der Waals surface area (Å²) in [6.07, 6.45) is 6.06. The van der Waals surface area contributed by atoms with Crippen LogP contribution in [0.1, 0.15) is 11.3 Å². The molecule has 11 heteroatoms. The van der Waals surface area contributed by atoms with Crippen molar-refractivity contribution in [3.05, 3.63) is 66.4 Å². The maximum Gasteiger partial charge on any atom is 0.235 e. The smallest absolute Gasteiger partial charge is 0.235 e. The second-order valence-electron chi connectivity index (χ2n) is 8.23. The summed E-state index contributed by atoms with van der Waals surface area (Å²) in [6.45, 7) is 4.58. The molecule has 35 heavy (non-hydrogen) atoms. The van der Waals surface area contributed by atoms with Gasteiger partial charge in [0.05, 0.1) is 11.7 Å². The molecule has 0 atom stereocenters. The van der Waals surface area contributed by atoms with Gasteiger partial charge in [0.1, 0.15) is 29.1 Å². The minimum atomic E-state index is -3.37. The van der Waals surface area contributed by atoms with Crippen LogP contribution in [-0.2, 0) is 21.2 Å². The van der Waals surface area contributed by atoms with Crippen molar-refractivity contribution in [1.82, 2.24) is 24.8 Å². The van der Waals surface area contributed by atoms with Crippen molar-refractivity contribution >= 4 is 38.3 Å². The predicted octanol–water partition coefficient (Wildman–Crippen LogP) is 3.14. The number of benzene rings is 1. The van der Waals surface area contributed by atoms with E-state index >= 15 is 0 Å². The van der Waals surface area contributed by atoms with Gasteiger partial charge >= 0.3 is 0 Å². The van der Waals surface area contributed by atoms with Crippen molar-refractivity contribution in [3.63, 3.8) is 0 Å². The number of hydrogen-bond acceptors (Lipinski definition) is 8. The van der Waals surface area contributed by atoms with Gasteiger partial charge in [0.2, 0.25) is 5.91 Å². The molecule has 0 spiro atoms. The van der Waals surface area contributed by atoms with Crippen LogP contribution in [-0.4, -0.2) is 52.4 Å². The van der Waals surface area contributed by atoms with Crippen LogP contribution >= 0.6 is 0 Å². The summed E-state index contributed by atoms with van der Waals surface area (Å²) in [5.74, 6) is 0.936. The quantitative estimate of drug-likeness (QED) is 0.363. The maximum absolute atomic E-state index is 11.8. The highest BCUT2D eigenvalue weighted by Crippen LogP contribution is 2.29. The zero-order valence-corrected chi connectivity index (χ0v) is 20.5. The number of amides is 1. The van der Waals surface area contributed by atoms with Crippen LogP contribution in [0.5, 0.6) is 11.5 Å². The zero-order valence-electron chi connectivity index (χ0n) is 19.6. The molecule has 0 bridgehead atoms. The molecule has 0 saturated carbocycles. The minimum Gasteiger partial charge on any atom is -0.455 e. The average molecular weight is 495 g/mol. The summed E-state index contributed by atoms with van der Waals surface area (Å²) < 4.78 is 30.4. The van der Waals surface area contributed by atoms with Crippen LogP contribution in [0.3, 0.4) is 0 Å². The van der Waals surface area contributed by atoms with E-state index in [1.807, 2.05) is 61.0 Å². The fraction of sp³-hybridized carbons (Fsp3) is 0.250. The van der Waals surface area contributed by atoms with Gasteiger partial charge in [-0.3, -0.25) is 9.78 Å². The van der Waals surface area contributed by atoms with E-state index in [0.29, 0.717) is 18.1 Å². The van der Waals surface area contributed by atoms with Crippen LogP contribution in [0, 0.1) is 13.8 Å². The van der Waals surface area contributed by atoms with Crippen molar-refractivity contribution in [3.8, 4) is 11.5 Å². The number of nitrogens with one attached hydrogen (secondary N) is 2. The lowest BCUT2D eigenvalue weighted by Crippen LogP contribution is -2.32. The molecule has 0 fully saturated rings. The molecule has 4 aromatic rings. The maximum atomic E-state index is 11.8. The van der Waals surface area contributed by atoms with E-state index in [1.54, 1.807) is 6.20 Å². The molecule has 2 N–H and O–H groups in total. The Morgan fingerprint density at radius 3 is 2.63 bits per heavy atom. The number of nitrogens with zero attached hydrogens (tertiary/aromatic N) is 4. The highest BCUT2D eigenvalue weighted by molar-refractivity contribution is 7.91. The van der Waals surface area contributed by atoms with E-state index in [0.717, 1.165) is 40.0 Å². The van der Waals surface area contributed by atoms with E-state index in [2.05, 4.69) is 25.6 Å². The average Bonchev–Trinajstić information content (AvgIpc) is 3.20. The molecule has 0 radical (unpaired) electrons. The molecule has 3 aromatic heterocycles. The number of aryl methyl sites for hydroxylation is 2. The first kappa shape index (κ1) is 24.1. The van der Waals surface area contributed by atoms with Crippen molar-refractivity contribution in [2.24, 2.45) is 0 Å². The molecule has 182 valence electrons. The number of rotatable bonds is 9. The fourth-order valence-corrected chi connectivity index (χ4v) is 4.11. The molecular weight excluding hydrogens is 468 g/mol. The van der Waals surface area contributed by atoms with Gasteiger partial charge in [-0.1, -0.05) is 0 Å². The molecule has 0 aliphatic rings. The van der Waals surface area contributed by atoms with Crippen LogP contribution in [0.15, 0.2) is 55.1 Å². The van der Waals surface area contributed by atoms with Crippen molar-refractivity contribution < 1.29 is 17.9 Å². The Kier molecular flexibility index (Phi) is 6.97. The number of carbonyl (C=O) groups excluding carboxylic acids is 1. The summed E-state index contributed by atoms with van der Waals surface area (Å²) in [5, 5.41) is 5.97. The van der Waals surface area contributed by atoms with E-state index < -0.39 is 21.5 Å². The van der Waals surface area contributed by atoms with E-state index in [4.69, 9.17) is 4.74 Å². The first-order valence-corrected chi connectivity index (χ1v) is 13.0. The van der Waals surface area contributed by atoms with Gasteiger partial charge in [-0.05, 0) is 55.8 Å². The number of sulfone groups is 1. The molecule has 0 saturated heterocycles. The van der Waals surface area contributed by atoms with Gasteiger partial charge in [0.25, 0.3) is 0 Å². The Morgan fingerprint density at radius 2 is 1.91 bits per heavy atom. The third-order valence-corrected chi connectivity index (χ3v) is 5.95. The second kappa shape index (κ2) is 10.1. The van der Waals surface area contributed by atoms with Gasteiger partial charge in [-0.15, -0.1) is 0 Å². The van der Waals surface area contributed by atoms with Crippen molar-refractivity contribution in [2.75, 3.05) is 23.9 Å². The third kappa shape index (κ3) is 6.33. The monoisotopic (exact) mass is 494 g/mol. The Balaban J connectivity index is 1.48. The second-order valence-corrected chi connectivity index (χ2v) is 10.4. The lowest BCUT2D eigenvalue weighted by Gasteiger charge is -2.13. The Labute approximate surface area is 203 Å². The molecule has 1 amide bonds. The number of carbonyl (C=O) groups is 1. The number of ether oxygens (including phenoxy) is 1. The summed E-state index contributed by atoms with van der Waals surface area (Å²) in [7, 11) is -3.37. The molecule has 10 nitrogen and oxygen atoms in total. The summed E-state index contributed by atoms with van der Waals surface area (Å²) in [4.78, 5) is 24.8. The molecule has 3 heterocycles. The Bertz CT molecular complexity index is 1470. The van der Waals surface area contributed by atoms with Gasteiger partial charge in [0, 0.05) is 36.9 Å². The first-order chi connectivity index (χ1) is 16.7. The molecule has 0 aliphatic carbocycles. The van der Waals surface area contributed by atoms with Crippen LogP contribution in [0.4, 0.5) is 11.5 Å². The summed E-state index contributed by atoms with van der Waals surface area (Å²) >= 11 is 0. The molecule has 0 unspecified atom stereocenters. The highest BCUT2D eigenvalue weighted by atomic mass is 32.2. The first-order valence-electron chi connectivity index (χ1n) is 10.9. The van der Waals surface area contributed by atoms with Crippen molar-refractivity contribution in [1.29, 1.82) is 0 Å². The number of aromatic nitrogens is 4. The minimum absolute atomic E-state index is 0.269. The Hall–Kier alpha value is -3.99.